The standard InChI is InChI=1S/C28H31F3N4O8/c1-15-21(33-25(36)17-6-12-20(13-7-17)43-28(29,30)31)14-35(34-15)19-10-8-18(9-11-19)32-27(37)42-26-24(40-5)23(39-4)22(38-3)16(2)41-26/h6-14,16,22-24,26H,1-5H3,(H,32,37)(H,33,36)/t16-,22-,23+,24+,26-/m0/s1. The van der Waals surface area contributed by atoms with E-state index in [4.69, 9.17) is 23.7 Å². The second kappa shape index (κ2) is 13.4. The Morgan fingerprint density at radius 1 is 0.907 bits per heavy atom. The molecule has 232 valence electrons. The van der Waals surface area contributed by atoms with Crippen LogP contribution in [0.4, 0.5) is 29.3 Å². The molecule has 12 nitrogen and oxygen atoms in total. The van der Waals surface area contributed by atoms with E-state index < -0.39 is 54.8 Å². The van der Waals surface area contributed by atoms with Crippen LogP contribution in [-0.2, 0) is 23.7 Å². The maximum Gasteiger partial charge on any atom is 0.573 e. The minimum absolute atomic E-state index is 0.130. The molecule has 1 aliphatic heterocycles. The molecule has 2 aromatic carbocycles. The lowest BCUT2D eigenvalue weighted by Gasteiger charge is -2.43. The first kappa shape index (κ1) is 31.7. The van der Waals surface area contributed by atoms with Crippen molar-refractivity contribution >= 4 is 23.4 Å². The molecule has 2 N–H and O–H groups in total. The Kier molecular flexibility index (Phi) is 9.91. The summed E-state index contributed by atoms with van der Waals surface area (Å²) < 4.78 is 70.2. The largest absolute Gasteiger partial charge is 0.573 e. The van der Waals surface area contributed by atoms with Crippen molar-refractivity contribution in [3.05, 3.63) is 66.0 Å². The highest BCUT2D eigenvalue weighted by Crippen LogP contribution is 2.28. The summed E-state index contributed by atoms with van der Waals surface area (Å²) in [5.41, 5.74) is 2.07. The maximum absolute atomic E-state index is 12.6. The molecule has 0 saturated carbocycles. The Morgan fingerprint density at radius 2 is 1.53 bits per heavy atom. The number of nitrogens with one attached hydrogen (secondary N) is 2. The third-order valence-electron chi connectivity index (χ3n) is 6.64. The topological polar surface area (TPSA) is 131 Å². The van der Waals surface area contributed by atoms with Gasteiger partial charge in [-0.25, -0.2) is 9.48 Å². The lowest BCUT2D eigenvalue weighted by atomic mass is 9.99. The van der Waals surface area contributed by atoms with Crippen molar-refractivity contribution in [1.29, 1.82) is 0 Å². The molecule has 43 heavy (non-hydrogen) atoms. The first-order valence-corrected chi connectivity index (χ1v) is 13.0. The van der Waals surface area contributed by atoms with Crippen molar-refractivity contribution in [2.24, 2.45) is 0 Å². The zero-order valence-corrected chi connectivity index (χ0v) is 23.9. The summed E-state index contributed by atoms with van der Waals surface area (Å²) in [5, 5.41) is 9.72. The number of carbonyl (C=O) groups is 2. The average molecular weight is 609 g/mol. The lowest BCUT2D eigenvalue weighted by molar-refractivity contribution is -0.288. The van der Waals surface area contributed by atoms with Gasteiger partial charge in [0, 0.05) is 32.6 Å². The fourth-order valence-electron chi connectivity index (χ4n) is 4.58. The Balaban J connectivity index is 1.36. The number of amides is 2. The van der Waals surface area contributed by atoms with Crippen LogP contribution in [0.15, 0.2) is 54.7 Å². The molecule has 1 aromatic heterocycles. The number of aryl methyl sites for hydroxylation is 1. The lowest BCUT2D eigenvalue weighted by Crippen LogP contribution is -2.59. The van der Waals surface area contributed by atoms with Crippen LogP contribution in [0, 0.1) is 6.92 Å². The predicted octanol–water partition coefficient (Wildman–Crippen LogP) is 4.67. The first-order valence-electron chi connectivity index (χ1n) is 13.0. The molecule has 1 fully saturated rings. The van der Waals surface area contributed by atoms with Gasteiger partial charge in [0.05, 0.1) is 29.4 Å². The summed E-state index contributed by atoms with van der Waals surface area (Å²) in [5.74, 6) is -0.976. The van der Waals surface area contributed by atoms with Crippen LogP contribution in [0.1, 0.15) is 23.0 Å². The summed E-state index contributed by atoms with van der Waals surface area (Å²) in [4.78, 5) is 25.3. The highest BCUT2D eigenvalue weighted by molar-refractivity contribution is 6.04. The molecular formula is C28H31F3N4O8. The quantitative estimate of drug-likeness (QED) is 0.356. The monoisotopic (exact) mass is 608 g/mol. The Labute approximate surface area is 244 Å². The number of anilines is 2. The molecule has 0 radical (unpaired) electrons. The summed E-state index contributed by atoms with van der Waals surface area (Å²) in [6, 6.07) is 11.2. The van der Waals surface area contributed by atoms with Crippen molar-refractivity contribution in [2.75, 3.05) is 32.0 Å². The summed E-state index contributed by atoms with van der Waals surface area (Å²) in [6.07, 6.45) is -7.15. The smallest absolute Gasteiger partial charge is 0.416 e. The van der Waals surface area contributed by atoms with Crippen LogP contribution < -0.4 is 15.4 Å². The number of carbonyl (C=O) groups excluding carboxylic acids is 2. The van der Waals surface area contributed by atoms with Crippen LogP contribution >= 0.6 is 0 Å². The number of hydrogen-bond acceptors (Lipinski definition) is 9. The van der Waals surface area contributed by atoms with E-state index in [1.165, 1.54) is 38.1 Å². The van der Waals surface area contributed by atoms with E-state index in [1.807, 2.05) is 0 Å². The van der Waals surface area contributed by atoms with Crippen molar-refractivity contribution in [3.8, 4) is 11.4 Å². The number of nitrogens with zero attached hydrogens (tertiary/aromatic N) is 2. The SMILES string of the molecule is CO[C@@H]1[C@@H](OC)[C@H](C)O[C@@H](OC(=O)Nc2ccc(-n3cc(NC(=O)c4ccc(OC(F)(F)F)cc4)c(C)n3)cc2)[C@@H]1OC. The van der Waals surface area contributed by atoms with Gasteiger partial charge in [0.1, 0.15) is 24.1 Å². The van der Waals surface area contributed by atoms with Crippen molar-refractivity contribution in [1.82, 2.24) is 9.78 Å². The fraction of sp³-hybridized carbons (Fsp3) is 0.393. The second-order valence-electron chi connectivity index (χ2n) is 9.49. The fourth-order valence-corrected chi connectivity index (χ4v) is 4.58. The number of halogens is 3. The molecule has 15 heteroatoms. The molecular weight excluding hydrogens is 577 g/mol. The molecule has 0 aliphatic carbocycles. The van der Waals surface area contributed by atoms with E-state index in [0.29, 0.717) is 22.8 Å². The molecule has 5 atom stereocenters. The maximum atomic E-state index is 12.6. The van der Waals surface area contributed by atoms with Gasteiger partial charge in [0.2, 0.25) is 6.29 Å². The van der Waals surface area contributed by atoms with E-state index in [1.54, 1.807) is 44.3 Å². The first-order chi connectivity index (χ1) is 20.4. The van der Waals surface area contributed by atoms with E-state index in [9.17, 15) is 22.8 Å². The van der Waals surface area contributed by atoms with Crippen LogP contribution in [0.3, 0.4) is 0 Å². The molecule has 1 aliphatic rings. The molecule has 4 rings (SSSR count). The highest BCUT2D eigenvalue weighted by Gasteiger charge is 2.47. The van der Waals surface area contributed by atoms with Crippen LogP contribution in [0.5, 0.6) is 5.75 Å². The average Bonchev–Trinajstić information content (AvgIpc) is 3.32. The Hall–Kier alpha value is -4.18. The van der Waals surface area contributed by atoms with Crippen LogP contribution in [0.2, 0.25) is 0 Å². The van der Waals surface area contributed by atoms with Gasteiger partial charge in [-0.3, -0.25) is 10.1 Å². The van der Waals surface area contributed by atoms with Crippen molar-refractivity contribution in [2.45, 2.75) is 50.9 Å². The minimum Gasteiger partial charge on any atom is -0.416 e. The van der Waals surface area contributed by atoms with E-state index in [-0.39, 0.29) is 5.56 Å². The van der Waals surface area contributed by atoms with Gasteiger partial charge in [-0.2, -0.15) is 5.10 Å². The molecule has 0 bridgehead atoms. The predicted molar refractivity (Wildman–Crippen MR) is 146 cm³/mol. The van der Waals surface area contributed by atoms with Gasteiger partial charge < -0.3 is 33.7 Å². The van der Waals surface area contributed by atoms with Crippen LogP contribution in [0.25, 0.3) is 5.69 Å². The molecule has 1 saturated heterocycles. The summed E-state index contributed by atoms with van der Waals surface area (Å²) in [7, 11) is 4.50. The number of ether oxygens (including phenoxy) is 6. The third kappa shape index (κ3) is 7.81. The molecule has 2 amide bonds. The number of aromatic nitrogens is 2. The van der Waals surface area contributed by atoms with E-state index in [0.717, 1.165) is 12.1 Å². The number of benzene rings is 2. The van der Waals surface area contributed by atoms with Gasteiger partial charge in [-0.15, -0.1) is 13.2 Å². The van der Waals surface area contributed by atoms with Gasteiger partial charge in [-0.1, -0.05) is 0 Å². The summed E-state index contributed by atoms with van der Waals surface area (Å²) >= 11 is 0. The van der Waals surface area contributed by atoms with E-state index >= 15 is 0 Å². The number of rotatable bonds is 9. The van der Waals surface area contributed by atoms with Crippen LogP contribution in [-0.4, -0.2) is 80.2 Å². The molecule has 2 heterocycles. The minimum atomic E-state index is -4.83. The number of alkyl halides is 3. The van der Waals surface area contributed by atoms with Gasteiger partial charge >= 0.3 is 12.5 Å². The Bertz CT molecular complexity index is 1400. The van der Waals surface area contributed by atoms with Gasteiger partial charge in [-0.05, 0) is 62.4 Å². The summed E-state index contributed by atoms with van der Waals surface area (Å²) in [6.45, 7) is 3.46. The van der Waals surface area contributed by atoms with Gasteiger partial charge in [0.15, 0.2) is 0 Å². The molecule has 0 spiro atoms. The van der Waals surface area contributed by atoms with Crippen molar-refractivity contribution < 1.29 is 51.2 Å². The number of methoxy groups -OCH3 is 3. The van der Waals surface area contributed by atoms with Crippen molar-refractivity contribution in [3.63, 3.8) is 0 Å². The Morgan fingerprint density at radius 3 is 2.12 bits per heavy atom. The highest BCUT2D eigenvalue weighted by atomic mass is 19.4. The van der Waals surface area contributed by atoms with E-state index in [2.05, 4.69) is 20.5 Å². The van der Waals surface area contributed by atoms with Gasteiger partial charge in [0.25, 0.3) is 5.91 Å². The zero-order chi connectivity index (χ0) is 31.3. The second-order valence-corrected chi connectivity index (χ2v) is 9.49. The zero-order valence-electron chi connectivity index (χ0n) is 23.9. The number of hydrogen-bond donors (Lipinski definition) is 2. The normalized spacial score (nSPS) is 22.1. The molecule has 3 aromatic rings. The third-order valence-corrected chi connectivity index (χ3v) is 6.64. The molecule has 0 unspecified atom stereocenters.